The van der Waals surface area contributed by atoms with Crippen LogP contribution in [-0.2, 0) is 0 Å². The zero-order valence-corrected chi connectivity index (χ0v) is 14.3. The lowest BCUT2D eigenvalue weighted by atomic mass is 10.0. The number of hydrogen-bond donors (Lipinski definition) is 1. The Kier molecular flexibility index (Phi) is 7.54. The SMILES string of the molecule is CCC(C)CN(C)CC(NC)c1cc(OC)ccc1OC. The summed E-state index contributed by atoms with van der Waals surface area (Å²) in [5.41, 5.74) is 1.13. The van der Waals surface area contributed by atoms with E-state index >= 15 is 0 Å². The van der Waals surface area contributed by atoms with Gasteiger partial charge >= 0.3 is 0 Å². The molecule has 0 aliphatic heterocycles. The van der Waals surface area contributed by atoms with Crippen LogP contribution in [0.15, 0.2) is 18.2 Å². The molecule has 0 saturated carbocycles. The molecule has 1 N–H and O–H groups in total. The summed E-state index contributed by atoms with van der Waals surface area (Å²) in [6.45, 7) is 6.56. The number of rotatable bonds is 9. The Balaban J connectivity index is 2.88. The molecule has 0 saturated heterocycles. The van der Waals surface area contributed by atoms with Crippen molar-refractivity contribution in [1.82, 2.24) is 10.2 Å². The molecule has 0 amide bonds. The van der Waals surface area contributed by atoms with E-state index in [9.17, 15) is 0 Å². The highest BCUT2D eigenvalue weighted by atomic mass is 16.5. The highest BCUT2D eigenvalue weighted by molar-refractivity contribution is 5.42. The Morgan fingerprint density at radius 2 is 1.90 bits per heavy atom. The maximum absolute atomic E-state index is 5.50. The first-order valence-electron chi connectivity index (χ1n) is 7.63. The lowest BCUT2D eigenvalue weighted by Gasteiger charge is -2.27. The zero-order chi connectivity index (χ0) is 15.8. The summed E-state index contributed by atoms with van der Waals surface area (Å²) in [6, 6.07) is 6.16. The standard InChI is InChI=1S/C17H30N2O2/c1-7-13(2)11-19(4)12-16(18-3)15-10-14(20-5)8-9-17(15)21-6/h8-10,13,16,18H,7,11-12H2,1-6H3. The normalized spacial score (nSPS) is 14.0. The van der Waals surface area contributed by atoms with E-state index in [1.165, 1.54) is 6.42 Å². The number of hydrogen-bond acceptors (Lipinski definition) is 4. The molecule has 2 atom stereocenters. The molecule has 0 fully saturated rings. The Bertz CT molecular complexity index is 423. The molecule has 120 valence electrons. The minimum absolute atomic E-state index is 0.212. The molecular formula is C17H30N2O2. The fraction of sp³-hybridized carbons (Fsp3) is 0.647. The molecule has 1 rings (SSSR count). The van der Waals surface area contributed by atoms with Gasteiger partial charge in [0.25, 0.3) is 0 Å². The molecule has 4 heteroatoms. The monoisotopic (exact) mass is 294 g/mol. The molecule has 4 nitrogen and oxygen atoms in total. The van der Waals surface area contributed by atoms with Gasteiger partial charge in [-0.3, -0.25) is 0 Å². The third-order valence-corrected chi connectivity index (χ3v) is 3.98. The predicted molar refractivity (Wildman–Crippen MR) is 88.3 cm³/mol. The number of ether oxygens (including phenoxy) is 2. The summed E-state index contributed by atoms with van der Waals surface area (Å²) in [5.74, 6) is 2.46. The molecule has 0 aliphatic carbocycles. The van der Waals surface area contributed by atoms with E-state index in [1.807, 2.05) is 19.2 Å². The van der Waals surface area contributed by atoms with Gasteiger partial charge in [0.05, 0.1) is 14.2 Å². The third-order valence-electron chi connectivity index (χ3n) is 3.98. The van der Waals surface area contributed by atoms with Gasteiger partial charge in [-0.1, -0.05) is 20.3 Å². The van der Waals surface area contributed by atoms with Crippen molar-refractivity contribution in [2.75, 3.05) is 41.4 Å². The van der Waals surface area contributed by atoms with E-state index in [1.54, 1.807) is 14.2 Å². The Morgan fingerprint density at radius 1 is 1.19 bits per heavy atom. The van der Waals surface area contributed by atoms with E-state index < -0.39 is 0 Å². The Labute approximate surface area is 129 Å². The van der Waals surface area contributed by atoms with Gasteiger partial charge in [0.1, 0.15) is 11.5 Å². The molecule has 0 aliphatic rings. The molecule has 0 heterocycles. The third kappa shape index (κ3) is 5.21. The van der Waals surface area contributed by atoms with Crippen molar-refractivity contribution in [1.29, 1.82) is 0 Å². The number of benzene rings is 1. The first kappa shape index (κ1) is 17.8. The second-order valence-electron chi connectivity index (χ2n) is 5.68. The highest BCUT2D eigenvalue weighted by Crippen LogP contribution is 2.29. The van der Waals surface area contributed by atoms with Crippen LogP contribution in [0.3, 0.4) is 0 Å². The summed E-state index contributed by atoms with van der Waals surface area (Å²) in [4.78, 5) is 2.37. The fourth-order valence-electron chi connectivity index (χ4n) is 2.50. The van der Waals surface area contributed by atoms with Gasteiger partial charge < -0.3 is 19.7 Å². The van der Waals surface area contributed by atoms with Gasteiger partial charge in [0, 0.05) is 24.7 Å². The van der Waals surface area contributed by atoms with Crippen molar-refractivity contribution in [2.45, 2.75) is 26.3 Å². The molecular weight excluding hydrogens is 264 g/mol. The van der Waals surface area contributed by atoms with Crippen LogP contribution in [0.4, 0.5) is 0 Å². The summed E-state index contributed by atoms with van der Waals surface area (Å²) in [5, 5.41) is 3.39. The lowest BCUT2D eigenvalue weighted by Crippen LogP contribution is -2.34. The maximum Gasteiger partial charge on any atom is 0.123 e. The van der Waals surface area contributed by atoms with Gasteiger partial charge in [-0.15, -0.1) is 0 Å². The lowest BCUT2D eigenvalue weighted by molar-refractivity contribution is 0.254. The van der Waals surface area contributed by atoms with Crippen molar-refractivity contribution in [3.63, 3.8) is 0 Å². The molecule has 0 radical (unpaired) electrons. The quantitative estimate of drug-likeness (QED) is 0.759. The van der Waals surface area contributed by atoms with Gasteiger partial charge in [-0.2, -0.15) is 0 Å². The average Bonchev–Trinajstić information content (AvgIpc) is 2.51. The summed E-state index contributed by atoms with van der Waals surface area (Å²) in [7, 11) is 7.56. The Morgan fingerprint density at radius 3 is 2.43 bits per heavy atom. The van der Waals surface area contributed by atoms with E-state index in [-0.39, 0.29) is 6.04 Å². The first-order chi connectivity index (χ1) is 10.0. The van der Waals surface area contributed by atoms with Crippen LogP contribution in [0.5, 0.6) is 11.5 Å². The largest absolute Gasteiger partial charge is 0.497 e. The van der Waals surface area contributed by atoms with Crippen molar-refractivity contribution >= 4 is 0 Å². The number of nitrogens with zero attached hydrogens (tertiary/aromatic N) is 1. The first-order valence-corrected chi connectivity index (χ1v) is 7.63. The second-order valence-corrected chi connectivity index (χ2v) is 5.68. The van der Waals surface area contributed by atoms with Crippen molar-refractivity contribution in [2.24, 2.45) is 5.92 Å². The van der Waals surface area contributed by atoms with Crippen LogP contribution in [0.25, 0.3) is 0 Å². The second kappa shape index (κ2) is 8.90. The fourth-order valence-corrected chi connectivity index (χ4v) is 2.50. The average molecular weight is 294 g/mol. The molecule has 1 aromatic rings. The Hall–Kier alpha value is -1.26. The molecule has 1 aromatic carbocycles. The zero-order valence-electron chi connectivity index (χ0n) is 14.3. The molecule has 2 unspecified atom stereocenters. The van der Waals surface area contributed by atoms with Gasteiger partial charge in [0.15, 0.2) is 0 Å². The summed E-state index contributed by atoms with van der Waals surface area (Å²) < 4.78 is 10.8. The van der Waals surface area contributed by atoms with E-state index in [0.717, 1.165) is 30.2 Å². The van der Waals surface area contributed by atoms with Crippen molar-refractivity contribution in [3.8, 4) is 11.5 Å². The number of nitrogens with one attached hydrogen (secondary N) is 1. The van der Waals surface area contributed by atoms with E-state index in [0.29, 0.717) is 5.92 Å². The van der Waals surface area contributed by atoms with E-state index in [2.05, 4.69) is 37.2 Å². The predicted octanol–water partition coefficient (Wildman–Crippen LogP) is 2.94. The van der Waals surface area contributed by atoms with Crippen molar-refractivity contribution in [3.05, 3.63) is 23.8 Å². The van der Waals surface area contributed by atoms with Gasteiger partial charge in [-0.25, -0.2) is 0 Å². The molecule has 0 spiro atoms. The highest BCUT2D eigenvalue weighted by Gasteiger charge is 2.18. The smallest absolute Gasteiger partial charge is 0.123 e. The maximum atomic E-state index is 5.50. The van der Waals surface area contributed by atoms with E-state index in [4.69, 9.17) is 9.47 Å². The molecule has 21 heavy (non-hydrogen) atoms. The molecule has 0 aromatic heterocycles. The summed E-state index contributed by atoms with van der Waals surface area (Å²) >= 11 is 0. The van der Waals surface area contributed by atoms with Crippen LogP contribution >= 0.6 is 0 Å². The van der Waals surface area contributed by atoms with Gasteiger partial charge in [0.2, 0.25) is 0 Å². The molecule has 0 bridgehead atoms. The van der Waals surface area contributed by atoms with Crippen LogP contribution in [0, 0.1) is 5.92 Å². The van der Waals surface area contributed by atoms with Crippen LogP contribution in [0.1, 0.15) is 31.9 Å². The number of methoxy groups -OCH3 is 2. The minimum atomic E-state index is 0.212. The topological polar surface area (TPSA) is 33.7 Å². The minimum Gasteiger partial charge on any atom is -0.497 e. The van der Waals surface area contributed by atoms with Crippen LogP contribution in [0.2, 0.25) is 0 Å². The van der Waals surface area contributed by atoms with Crippen LogP contribution in [-0.4, -0.2) is 46.3 Å². The van der Waals surface area contributed by atoms with Gasteiger partial charge in [-0.05, 0) is 38.2 Å². The number of likely N-dealkylation sites (N-methyl/N-ethyl adjacent to an activating group) is 2. The summed E-state index contributed by atoms with van der Waals surface area (Å²) in [6.07, 6.45) is 1.21. The van der Waals surface area contributed by atoms with Crippen LogP contribution < -0.4 is 14.8 Å². The van der Waals surface area contributed by atoms with Crippen molar-refractivity contribution < 1.29 is 9.47 Å².